The molecule has 1 heterocycles. The summed E-state index contributed by atoms with van der Waals surface area (Å²) in [6.45, 7) is 3.98. The number of nitrogens with two attached hydrogens (primary N) is 1. The molecule has 0 atom stereocenters. The normalized spacial score (nSPS) is 10.1. The first-order chi connectivity index (χ1) is 6.09. The van der Waals surface area contributed by atoms with Crippen LogP contribution in [0.5, 0.6) is 0 Å². The molecule has 0 spiro atoms. The van der Waals surface area contributed by atoms with Crippen molar-refractivity contribution in [1.29, 1.82) is 5.41 Å². The van der Waals surface area contributed by atoms with Crippen molar-refractivity contribution in [2.45, 2.75) is 19.9 Å². The third-order valence-electron chi connectivity index (χ3n) is 1.35. The van der Waals surface area contributed by atoms with Gasteiger partial charge in [0.1, 0.15) is 11.5 Å². The summed E-state index contributed by atoms with van der Waals surface area (Å²) in [4.78, 5) is 8.03. The van der Waals surface area contributed by atoms with Gasteiger partial charge in [-0.05, 0) is 19.9 Å². The first-order valence-corrected chi connectivity index (χ1v) is 4.03. The Bertz CT molecular complexity index is 307. The Hall–Kier alpha value is -1.65. The highest BCUT2D eigenvalue weighted by molar-refractivity contribution is 5.93. The number of nitrogens with zero attached hydrogens (tertiary/aromatic N) is 2. The predicted molar refractivity (Wildman–Crippen MR) is 51.8 cm³/mol. The number of nitrogens with one attached hydrogen (secondary N) is 2. The lowest BCUT2D eigenvalue weighted by atomic mass is 10.4. The lowest BCUT2D eigenvalue weighted by Crippen LogP contribution is -2.17. The van der Waals surface area contributed by atoms with Crippen molar-refractivity contribution in [1.82, 2.24) is 9.97 Å². The van der Waals surface area contributed by atoms with E-state index in [2.05, 4.69) is 15.3 Å². The molecule has 0 bridgehead atoms. The van der Waals surface area contributed by atoms with Gasteiger partial charge in [-0.25, -0.2) is 9.97 Å². The Morgan fingerprint density at radius 2 is 2.31 bits per heavy atom. The van der Waals surface area contributed by atoms with Gasteiger partial charge in [0.15, 0.2) is 0 Å². The van der Waals surface area contributed by atoms with Crippen LogP contribution in [-0.4, -0.2) is 21.8 Å². The molecule has 0 saturated heterocycles. The lowest BCUT2D eigenvalue weighted by molar-refractivity contribution is 0.873. The Kier molecular flexibility index (Phi) is 2.79. The summed E-state index contributed by atoms with van der Waals surface area (Å²) >= 11 is 0. The first kappa shape index (κ1) is 9.44. The topological polar surface area (TPSA) is 87.7 Å². The van der Waals surface area contributed by atoms with Crippen LogP contribution in [0.15, 0.2) is 12.3 Å². The molecule has 13 heavy (non-hydrogen) atoms. The van der Waals surface area contributed by atoms with Crippen LogP contribution < -0.4 is 11.1 Å². The number of hydrogen-bond donors (Lipinski definition) is 3. The van der Waals surface area contributed by atoms with Crippen molar-refractivity contribution in [2.24, 2.45) is 5.73 Å². The van der Waals surface area contributed by atoms with Gasteiger partial charge in [0.05, 0.1) is 0 Å². The van der Waals surface area contributed by atoms with E-state index in [1.54, 1.807) is 12.3 Å². The van der Waals surface area contributed by atoms with Crippen LogP contribution in [0.25, 0.3) is 0 Å². The van der Waals surface area contributed by atoms with E-state index in [4.69, 9.17) is 11.1 Å². The predicted octanol–water partition coefficient (Wildman–Crippen LogP) is 0.581. The number of anilines is 1. The zero-order valence-corrected chi connectivity index (χ0v) is 7.70. The molecule has 0 unspecified atom stereocenters. The van der Waals surface area contributed by atoms with Crippen molar-refractivity contribution in [3.8, 4) is 0 Å². The van der Waals surface area contributed by atoms with Gasteiger partial charge in [0.2, 0.25) is 5.95 Å². The first-order valence-electron chi connectivity index (χ1n) is 4.03. The minimum atomic E-state index is -0.0470. The molecule has 1 aromatic rings. The summed E-state index contributed by atoms with van der Waals surface area (Å²) in [6.07, 6.45) is 1.58. The number of rotatable bonds is 3. The second-order valence-electron chi connectivity index (χ2n) is 2.98. The van der Waals surface area contributed by atoms with Gasteiger partial charge in [-0.15, -0.1) is 0 Å². The third-order valence-corrected chi connectivity index (χ3v) is 1.35. The summed E-state index contributed by atoms with van der Waals surface area (Å²) in [7, 11) is 0. The third kappa shape index (κ3) is 2.70. The summed E-state index contributed by atoms with van der Waals surface area (Å²) in [6, 6.07) is 1.87. The average molecular weight is 179 g/mol. The van der Waals surface area contributed by atoms with Crippen molar-refractivity contribution >= 4 is 11.8 Å². The molecule has 0 aromatic carbocycles. The molecular formula is C8H13N5. The van der Waals surface area contributed by atoms with E-state index in [-0.39, 0.29) is 11.9 Å². The van der Waals surface area contributed by atoms with Gasteiger partial charge < -0.3 is 11.1 Å². The van der Waals surface area contributed by atoms with Crippen molar-refractivity contribution in [3.63, 3.8) is 0 Å². The van der Waals surface area contributed by atoms with Crippen LogP contribution in [-0.2, 0) is 0 Å². The molecule has 0 fully saturated rings. The molecule has 0 radical (unpaired) electrons. The fraction of sp³-hybridized carbons (Fsp3) is 0.375. The highest BCUT2D eigenvalue weighted by Crippen LogP contribution is 2.00. The largest absolute Gasteiger partial charge is 0.382 e. The van der Waals surface area contributed by atoms with Crippen LogP contribution >= 0.6 is 0 Å². The van der Waals surface area contributed by atoms with Crippen molar-refractivity contribution in [3.05, 3.63) is 18.0 Å². The molecular weight excluding hydrogens is 166 g/mol. The Morgan fingerprint density at radius 3 is 2.85 bits per heavy atom. The zero-order valence-electron chi connectivity index (χ0n) is 7.70. The molecule has 0 aliphatic rings. The van der Waals surface area contributed by atoms with Gasteiger partial charge in [-0.1, -0.05) is 0 Å². The average Bonchev–Trinajstić information content (AvgIpc) is 2.03. The number of hydrogen-bond acceptors (Lipinski definition) is 4. The fourth-order valence-corrected chi connectivity index (χ4v) is 0.836. The fourth-order valence-electron chi connectivity index (χ4n) is 0.836. The second-order valence-corrected chi connectivity index (χ2v) is 2.98. The van der Waals surface area contributed by atoms with E-state index in [1.807, 2.05) is 13.8 Å². The van der Waals surface area contributed by atoms with E-state index >= 15 is 0 Å². The second kappa shape index (κ2) is 3.84. The quantitative estimate of drug-likeness (QED) is 0.468. The molecule has 1 rings (SSSR count). The molecule has 0 aliphatic carbocycles. The maximum atomic E-state index is 7.17. The summed E-state index contributed by atoms with van der Waals surface area (Å²) in [5.74, 6) is 0.455. The molecule has 70 valence electrons. The maximum Gasteiger partial charge on any atom is 0.223 e. The molecule has 1 aromatic heterocycles. The van der Waals surface area contributed by atoms with Crippen LogP contribution in [0.3, 0.4) is 0 Å². The minimum absolute atomic E-state index is 0.0470. The van der Waals surface area contributed by atoms with E-state index in [0.717, 1.165) is 0 Å². The van der Waals surface area contributed by atoms with Crippen LogP contribution in [0.2, 0.25) is 0 Å². The maximum absolute atomic E-state index is 7.17. The molecule has 0 saturated carbocycles. The Morgan fingerprint density at radius 1 is 1.62 bits per heavy atom. The highest BCUT2D eigenvalue weighted by Gasteiger charge is 2.01. The molecule has 5 nitrogen and oxygen atoms in total. The summed E-state index contributed by atoms with van der Waals surface area (Å²) in [5.41, 5.74) is 5.72. The smallest absolute Gasteiger partial charge is 0.223 e. The number of amidine groups is 1. The summed E-state index contributed by atoms with van der Waals surface area (Å²) in [5, 5.41) is 10.2. The zero-order chi connectivity index (χ0) is 9.84. The van der Waals surface area contributed by atoms with Crippen LogP contribution in [0.4, 0.5) is 5.95 Å². The van der Waals surface area contributed by atoms with Crippen LogP contribution in [0.1, 0.15) is 19.5 Å². The molecule has 0 amide bonds. The van der Waals surface area contributed by atoms with Crippen LogP contribution in [0, 0.1) is 5.41 Å². The van der Waals surface area contributed by atoms with Crippen molar-refractivity contribution in [2.75, 3.05) is 5.32 Å². The van der Waals surface area contributed by atoms with Crippen molar-refractivity contribution < 1.29 is 0 Å². The van der Waals surface area contributed by atoms with Gasteiger partial charge >= 0.3 is 0 Å². The molecule has 4 N–H and O–H groups in total. The van der Waals surface area contributed by atoms with E-state index in [0.29, 0.717) is 11.6 Å². The SMILES string of the molecule is CC(C)Nc1nccc(C(=N)N)n1. The van der Waals surface area contributed by atoms with Gasteiger partial charge in [0, 0.05) is 12.2 Å². The lowest BCUT2D eigenvalue weighted by Gasteiger charge is -2.07. The number of aromatic nitrogens is 2. The highest BCUT2D eigenvalue weighted by atomic mass is 15.1. The Balaban J connectivity index is 2.85. The molecule has 5 heteroatoms. The van der Waals surface area contributed by atoms with Gasteiger partial charge in [0.25, 0.3) is 0 Å². The van der Waals surface area contributed by atoms with E-state index < -0.39 is 0 Å². The number of nitrogen functional groups attached to an aromatic ring is 1. The molecule has 0 aliphatic heterocycles. The Labute approximate surface area is 76.9 Å². The van der Waals surface area contributed by atoms with Gasteiger partial charge in [-0.2, -0.15) is 0 Å². The van der Waals surface area contributed by atoms with E-state index in [1.165, 1.54) is 0 Å². The monoisotopic (exact) mass is 179 g/mol. The summed E-state index contributed by atoms with van der Waals surface area (Å²) < 4.78 is 0. The standard InChI is InChI=1S/C8H13N5/c1-5(2)12-8-11-4-3-6(13-8)7(9)10/h3-5H,1-2H3,(H3,9,10)(H,11,12,13). The van der Waals surface area contributed by atoms with E-state index in [9.17, 15) is 0 Å². The van der Waals surface area contributed by atoms with Gasteiger partial charge in [-0.3, -0.25) is 5.41 Å². The minimum Gasteiger partial charge on any atom is -0.382 e.